The van der Waals surface area contributed by atoms with Crippen LogP contribution in [-0.2, 0) is 6.18 Å². The lowest BCUT2D eigenvalue weighted by Gasteiger charge is -2.30. The number of anilines is 2. The van der Waals surface area contributed by atoms with Gasteiger partial charge in [-0.15, -0.1) is 0 Å². The van der Waals surface area contributed by atoms with E-state index < -0.39 is 23.5 Å². The second-order valence-corrected chi connectivity index (χ2v) is 9.24. The quantitative estimate of drug-likeness (QED) is 0.427. The highest BCUT2D eigenvalue weighted by molar-refractivity contribution is 5.94. The maximum absolute atomic E-state index is 13.6. The molecule has 3 aromatic rings. The Bertz CT molecular complexity index is 1200. The molecule has 0 bridgehead atoms. The van der Waals surface area contributed by atoms with Gasteiger partial charge in [0.1, 0.15) is 11.6 Å². The lowest BCUT2D eigenvalue weighted by molar-refractivity contribution is -0.137. The summed E-state index contributed by atoms with van der Waals surface area (Å²) in [4.78, 5) is 19.2. The Morgan fingerprint density at radius 1 is 1.06 bits per heavy atom. The van der Waals surface area contributed by atoms with Crippen molar-refractivity contribution < 1.29 is 22.4 Å². The number of pyridine rings is 1. The van der Waals surface area contributed by atoms with Gasteiger partial charge in [-0.25, -0.2) is 9.37 Å². The number of amides is 1. The van der Waals surface area contributed by atoms with E-state index in [1.807, 2.05) is 38.4 Å². The van der Waals surface area contributed by atoms with Crippen LogP contribution in [0.25, 0.3) is 10.9 Å². The van der Waals surface area contributed by atoms with Crippen molar-refractivity contribution in [1.29, 1.82) is 0 Å². The van der Waals surface area contributed by atoms with Gasteiger partial charge in [0.2, 0.25) is 0 Å². The molecule has 2 aromatic carbocycles. The lowest BCUT2D eigenvalue weighted by atomic mass is 9.86. The highest BCUT2D eigenvalue weighted by Crippen LogP contribution is 2.32. The summed E-state index contributed by atoms with van der Waals surface area (Å²) in [6.07, 6.45) is -1.25. The number of nitrogens with zero attached hydrogens (tertiary/aromatic N) is 2. The number of hydrogen-bond acceptors (Lipinski definition) is 4. The minimum atomic E-state index is -4.71. The molecule has 0 saturated heterocycles. The minimum absolute atomic E-state index is 0.203. The fourth-order valence-electron chi connectivity index (χ4n) is 4.54. The van der Waals surface area contributed by atoms with Crippen molar-refractivity contribution in [3.63, 3.8) is 0 Å². The number of carbonyl (C=O) groups is 1. The molecule has 1 aliphatic rings. The van der Waals surface area contributed by atoms with Gasteiger partial charge < -0.3 is 15.5 Å². The molecule has 1 aliphatic carbocycles. The van der Waals surface area contributed by atoms with Crippen LogP contribution in [0.1, 0.15) is 41.6 Å². The van der Waals surface area contributed by atoms with Crippen molar-refractivity contribution >= 4 is 28.3 Å². The number of rotatable bonds is 6. The number of aromatic nitrogens is 1. The largest absolute Gasteiger partial charge is 0.416 e. The smallest absolute Gasteiger partial charge is 0.377 e. The van der Waals surface area contributed by atoms with Crippen LogP contribution in [-0.4, -0.2) is 37.6 Å². The normalized spacial score (nSPS) is 18.3. The van der Waals surface area contributed by atoms with Gasteiger partial charge in [0.15, 0.2) is 0 Å². The van der Waals surface area contributed by atoms with Crippen molar-refractivity contribution in [3.05, 3.63) is 65.5 Å². The topological polar surface area (TPSA) is 57.3 Å². The number of fused-ring (bicyclic) bond motifs is 1. The molecule has 35 heavy (non-hydrogen) atoms. The first kappa shape index (κ1) is 24.8. The third kappa shape index (κ3) is 6.01. The zero-order valence-corrected chi connectivity index (χ0v) is 19.6. The molecule has 1 fully saturated rings. The Balaban J connectivity index is 1.32. The van der Waals surface area contributed by atoms with E-state index in [2.05, 4.69) is 21.6 Å². The number of hydrogen-bond donors (Lipinski definition) is 2. The number of alkyl halides is 3. The maximum Gasteiger partial charge on any atom is 0.416 e. The van der Waals surface area contributed by atoms with Gasteiger partial charge in [-0.3, -0.25) is 4.79 Å². The van der Waals surface area contributed by atoms with Crippen LogP contribution in [0.5, 0.6) is 0 Å². The average Bonchev–Trinajstić information content (AvgIpc) is 2.82. The molecule has 186 valence electrons. The summed E-state index contributed by atoms with van der Waals surface area (Å²) < 4.78 is 52.3. The van der Waals surface area contributed by atoms with Crippen LogP contribution in [0.4, 0.5) is 29.1 Å². The van der Waals surface area contributed by atoms with Gasteiger partial charge in [0, 0.05) is 49.4 Å². The molecular formula is C26H28F4N4O. The summed E-state index contributed by atoms with van der Waals surface area (Å²) in [7, 11) is 4.00. The Kier molecular flexibility index (Phi) is 7.14. The van der Waals surface area contributed by atoms with Crippen molar-refractivity contribution in [2.45, 2.75) is 37.9 Å². The van der Waals surface area contributed by atoms with Crippen molar-refractivity contribution in [3.8, 4) is 0 Å². The zero-order valence-electron chi connectivity index (χ0n) is 19.6. The number of para-hydroxylation sites is 1. The SMILES string of the molecule is CN(C)c1cc(NC2CCC(CNC(=O)c3cc(F)cc(C(F)(F)F)c3)CC2)nc2ccccc12. The highest BCUT2D eigenvalue weighted by atomic mass is 19.4. The molecular weight excluding hydrogens is 460 g/mol. The molecule has 1 heterocycles. The van der Waals surface area contributed by atoms with E-state index in [9.17, 15) is 22.4 Å². The predicted octanol–water partition coefficient (Wildman–Crippen LogP) is 5.86. The Labute approximate surface area is 201 Å². The van der Waals surface area contributed by atoms with Crippen LogP contribution < -0.4 is 15.5 Å². The van der Waals surface area contributed by atoms with Crippen molar-refractivity contribution in [2.75, 3.05) is 30.9 Å². The second kappa shape index (κ2) is 10.1. The van der Waals surface area contributed by atoms with Crippen molar-refractivity contribution in [2.24, 2.45) is 5.92 Å². The summed E-state index contributed by atoms with van der Waals surface area (Å²) in [5.41, 5.74) is 0.505. The van der Waals surface area contributed by atoms with E-state index in [0.29, 0.717) is 18.7 Å². The first-order valence-electron chi connectivity index (χ1n) is 11.6. The van der Waals surface area contributed by atoms with Gasteiger partial charge in [0.25, 0.3) is 5.91 Å². The number of benzene rings is 2. The molecule has 1 aromatic heterocycles. The molecule has 1 saturated carbocycles. The van der Waals surface area contributed by atoms with Crippen LogP contribution >= 0.6 is 0 Å². The molecule has 0 atom stereocenters. The lowest BCUT2D eigenvalue weighted by Crippen LogP contribution is -2.34. The number of halogens is 4. The predicted molar refractivity (Wildman–Crippen MR) is 129 cm³/mol. The summed E-state index contributed by atoms with van der Waals surface area (Å²) in [6, 6.07) is 12.2. The van der Waals surface area contributed by atoms with E-state index in [4.69, 9.17) is 4.98 Å². The van der Waals surface area contributed by atoms with Gasteiger partial charge in [-0.1, -0.05) is 18.2 Å². The standard InChI is InChI=1S/C26H28F4N4O/c1-34(2)23-14-24(33-22-6-4-3-5-21(22)23)32-20-9-7-16(8-10-20)15-31-25(35)17-11-18(26(28,29)30)13-19(27)12-17/h3-6,11-14,16,20H,7-10,15H2,1-2H3,(H,31,35)(H,32,33). The molecule has 0 spiro atoms. The molecule has 4 rings (SSSR count). The van der Waals surface area contributed by atoms with Crippen LogP contribution in [0.3, 0.4) is 0 Å². The van der Waals surface area contributed by atoms with Gasteiger partial charge >= 0.3 is 6.18 Å². The molecule has 0 unspecified atom stereocenters. The fourth-order valence-corrected chi connectivity index (χ4v) is 4.54. The minimum Gasteiger partial charge on any atom is -0.377 e. The van der Waals surface area contributed by atoms with E-state index in [-0.39, 0.29) is 17.5 Å². The fraction of sp³-hybridized carbons (Fsp3) is 0.385. The molecule has 9 heteroatoms. The molecule has 5 nitrogen and oxygen atoms in total. The maximum atomic E-state index is 13.6. The first-order chi connectivity index (χ1) is 16.6. The second-order valence-electron chi connectivity index (χ2n) is 9.24. The number of carbonyl (C=O) groups excluding carboxylic acids is 1. The molecule has 0 aliphatic heterocycles. The van der Waals surface area contributed by atoms with Gasteiger partial charge in [-0.2, -0.15) is 13.2 Å². The van der Waals surface area contributed by atoms with E-state index in [1.54, 1.807) is 0 Å². The summed E-state index contributed by atoms with van der Waals surface area (Å²) in [5.74, 6) is -0.770. The summed E-state index contributed by atoms with van der Waals surface area (Å²) in [5, 5.41) is 7.29. The summed E-state index contributed by atoms with van der Waals surface area (Å²) >= 11 is 0. The van der Waals surface area contributed by atoms with E-state index in [0.717, 1.165) is 54.2 Å². The third-order valence-corrected chi connectivity index (χ3v) is 6.41. The summed E-state index contributed by atoms with van der Waals surface area (Å²) in [6.45, 7) is 0.336. The van der Waals surface area contributed by atoms with E-state index >= 15 is 0 Å². The first-order valence-corrected chi connectivity index (χ1v) is 11.6. The average molecular weight is 489 g/mol. The van der Waals surface area contributed by atoms with Gasteiger partial charge in [-0.05, 0) is 55.9 Å². The monoisotopic (exact) mass is 488 g/mol. The molecule has 2 N–H and O–H groups in total. The third-order valence-electron chi connectivity index (χ3n) is 6.41. The van der Waals surface area contributed by atoms with Crippen molar-refractivity contribution in [1.82, 2.24) is 10.3 Å². The van der Waals surface area contributed by atoms with Crippen LogP contribution in [0.15, 0.2) is 48.5 Å². The van der Waals surface area contributed by atoms with E-state index in [1.165, 1.54) is 0 Å². The van der Waals surface area contributed by atoms with Gasteiger partial charge in [0.05, 0.1) is 11.1 Å². The Hall–Kier alpha value is -3.36. The van der Waals surface area contributed by atoms with Crippen LogP contribution in [0.2, 0.25) is 0 Å². The molecule has 1 amide bonds. The Morgan fingerprint density at radius 3 is 2.46 bits per heavy atom. The molecule has 0 radical (unpaired) electrons. The zero-order chi connectivity index (χ0) is 25.2. The number of nitrogens with one attached hydrogen (secondary N) is 2. The Morgan fingerprint density at radius 2 is 1.77 bits per heavy atom. The highest BCUT2D eigenvalue weighted by Gasteiger charge is 2.32. The van der Waals surface area contributed by atoms with Crippen LogP contribution in [0, 0.1) is 11.7 Å².